The Balaban J connectivity index is 2.29. The van der Waals surface area contributed by atoms with Gasteiger partial charge in [0.2, 0.25) is 5.78 Å². The number of nitrogens with zero attached hydrogens (tertiary/aromatic N) is 1. The van der Waals surface area contributed by atoms with Crippen LogP contribution in [-0.4, -0.2) is 52.6 Å². The highest BCUT2D eigenvalue weighted by Gasteiger charge is 2.34. The van der Waals surface area contributed by atoms with Gasteiger partial charge in [-0.1, -0.05) is 0 Å². The maximum absolute atomic E-state index is 12.8. The average molecular weight is 383 g/mol. The fourth-order valence-electron chi connectivity index (χ4n) is 3.89. The maximum atomic E-state index is 12.8. The molecule has 1 aliphatic rings. The second-order valence-corrected chi connectivity index (χ2v) is 6.58. The number of benzene rings is 3. The summed E-state index contributed by atoms with van der Waals surface area (Å²) in [7, 11) is 7.90. The van der Waals surface area contributed by atoms with E-state index in [9.17, 15) is 9.90 Å². The van der Waals surface area contributed by atoms with Crippen molar-refractivity contribution in [3.63, 3.8) is 0 Å². The van der Waals surface area contributed by atoms with Gasteiger partial charge in [-0.2, -0.15) is 0 Å². The van der Waals surface area contributed by atoms with Gasteiger partial charge in [-0.15, -0.1) is 0 Å². The summed E-state index contributed by atoms with van der Waals surface area (Å²) in [6.07, 6.45) is -1.27. The molecule has 0 aliphatic carbocycles. The van der Waals surface area contributed by atoms with E-state index >= 15 is 0 Å². The zero-order valence-electron chi connectivity index (χ0n) is 16.3. The van der Waals surface area contributed by atoms with E-state index in [1.54, 1.807) is 39.3 Å². The van der Waals surface area contributed by atoms with E-state index in [1.807, 2.05) is 18.2 Å². The summed E-state index contributed by atoms with van der Waals surface area (Å²) in [4.78, 5) is 14.4. The normalized spacial score (nSPS) is 15.9. The van der Waals surface area contributed by atoms with Crippen molar-refractivity contribution >= 4 is 33.0 Å². The molecule has 4 rings (SSSR count). The molecule has 0 aromatic heterocycles. The van der Waals surface area contributed by atoms with Crippen LogP contribution in [0.15, 0.2) is 24.3 Å². The molecule has 146 valence electrons. The third kappa shape index (κ3) is 2.29. The number of methoxy groups -OCH3 is 4. The zero-order valence-corrected chi connectivity index (χ0v) is 16.3. The molecule has 1 aliphatic heterocycles. The van der Waals surface area contributed by atoms with Crippen molar-refractivity contribution in [2.75, 3.05) is 40.4 Å². The SMILES string of the molecule is COc1cc2cc3c4c(cc(OC)c(OC)c4c2cc1OC)C(=O)C(O)N3C. The number of hydrogen-bond donors (Lipinski definition) is 1. The zero-order chi connectivity index (χ0) is 20.2. The molecule has 3 aromatic rings. The Morgan fingerprint density at radius 2 is 1.50 bits per heavy atom. The lowest BCUT2D eigenvalue weighted by Crippen LogP contribution is -2.41. The van der Waals surface area contributed by atoms with E-state index in [0.29, 0.717) is 33.9 Å². The van der Waals surface area contributed by atoms with Crippen LogP contribution in [-0.2, 0) is 0 Å². The number of hydrogen-bond acceptors (Lipinski definition) is 7. The predicted octanol–water partition coefficient (Wildman–Crippen LogP) is 2.98. The quantitative estimate of drug-likeness (QED) is 0.694. The van der Waals surface area contributed by atoms with Gasteiger partial charge >= 0.3 is 0 Å². The number of likely N-dealkylation sites (N-methyl/N-ethyl adjacent to an activating group) is 1. The lowest BCUT2D eigenvalue weighted by molar-refractivity contribution is 0.0745. The van der Waals surface area contributed by atoms with E-state index in [-0.39, 0.29) is 5.78 Å². The molecule has 0 saturated carbocycles. The molecule has 0 radical (unpaired) electrons. The van der Waals surface area contributed by atoms with E-state index in [2.05, 4.69) is 0 Å². The molecule has 1 N–H and O–H groups in total. The molecular formula is C21H21NO6. The molecule has 0 fully saturated rings. The minimum absolute atomic E-state index is 0.388. The Bertz CT molecular complexity index is 1120. The molecule has 7 nitrogen and oxygen atoms in total. The van der Waals surface area contributed by atoms with Crippen LogP contribution < -0.4 is 23.8 Å². The van der Waals surface area contributed by atoms with Crippen molar-refractivity contribution in [1.29, 1.82) is 0 Å². The van der Waals surface area contributed by atoms with Crippen molar-refractivity contribution in [2.24, 2.45) is 0 Å². The van der Waals surface area contributed by atoms with Crippen LogP contribution in [0.2, 0.25) is 0 Å². The van der Waals surface area contributed by atoms with Crippen molar-refractivity contribution in [2.45, 2.75) is 6.23 Å². The van der Waals surface area contributed by atoms with Crippen molar-refractivity contribution < 1.29 is 28.8 Å². The molecule has 28 heavy (non-hydrogen) atoms. The standard InChI is InChI=1S/C21H21NO6/c1-22-13-6-10-7-14(25-2)15(26-3)8-11(10)18-17(13)12(19(23)21(22)24)9-16(27-4)20(18)28-5/h6-9,21,24H,1-5H3. The first kappa shape index (κ1) is 18.2. The second kappa shape index (κ2) is 6.45. The van der Waals surface area contributed by atoms with Gasteiger partial charge < -0.3 is 29.0 Å². The summed E-state index contributed by atoms with van der Waals surface area (Å²) in [6.45, 7) is 0. The highest BCUT2D eigenvalue weighted by Crippen LogP contribution is 2.49. The van der Waals surface area contributed by atoms with Gasteiger partial charge in [0.15, 0.2) is 29.2 Å². The van der Waals surface area contributed by atoms with Crippen molar-refractivity contribution in [3.05, 3.63) is 29.8 Å². The number of aliphatic hydroxyl groups excluding tert-OH is 1. The van der Waals surface area contributed by atoms with Crippen LogP contribution >= 0.6 is 0 Å². The molecule has 1 unspecified atom stereocenters. The van der Waals surface area contributed by atoms with Gasteiger partial charge in [-0.05, 0) is 35.0 Å². The summed E-state index contributed by atoms with van der Waals surface area (Å²) in [5, 5.41) is 13.6. The summed E-state index contributed by atoms with van der Waals surface area (Å²) in [5.74, 6) is 1.69. The van der Waals surface area contributed by atoms with Crippen LogP contribution in [0, 0.1) is 0 Å². The van der Waals surface area contributed by atoms with Crippen LogP contribution in [0.1, 0.15) is 10.4 Å². The Hall–Kier alpha value is -3.19. The number of carbonyl (C=O) groups is 1. The van der Waals surface area contributed by atoms with E-state index < -0.39 is 6.23 Å². The lowest BCUT2D eigenvalue weighted by atomic mass is 9.89. The van der Waals surface area contributed by atoms with Crippen LogP contribution in [0.3, 0.4) is 0 Å². The Kier molecular flexibility index (Phi) is 4.19. The second-order valence-electron chi connectivity index (χ2n) is 6.58. The first-order valence-corrected chi connectivity index (χ1v) is 8.69. The molecule has 7 heteroatoms. The maximum Gasteiger partial charge on any atom is 0.212 e. The summed E-state index contributed by atoms with van der Waals surface area (Å²) >= 11 is 0. The first-order chi connectivity index (χ1) is 13.5. The average Bonchev–Trinajstić information content (AvgIpc) is 2.73. The number of rotatable bonds is 4. The number of Topliss-reactive ketones (excluding diaryl/α,β-unsaturated/α-hetero) is 1. The fourth-order valence-corrected chi connectivity index (χ4v) is 3.89. The third-order valence-corrected chi connectivity index (χ3v) is 5.29. The van der Waals surface area contributed by atoms with Gasteiger partial charge in [0.1, 0.15) is 0 Å². The fraction of sp³-hybridized carbons (Fsp3) is 0.286. The van der Waals surface area contributed by atoms with Crippen molar-refractivity contribution in [3.8, 4) is 23.0 Å². The molecule has 1 atom stereocenters. The van der Waals surface area contributed by atoms with Crippen LogP contribution in [0.4, 0.5) is 5.69 Å². The van der Waals surface area contributed by atoms with Gasteiger partial charge in [-0.3, -0.25) is 4.79 Å². The molecule has 0 bridgehead atoms. The molecule has 0 saturated heterocycles. The van der Waals surface area contributed by atoms with Crippen LogP contribution in [0.25, 0.3) is 21.5 Å². The molecule has 0 amide bonds. The molecule has 1 heterocycles. The van der Waals surface area contributed by atoms with Gasteiger partial charge in [0.25, 0.3) is 0 Å². The summed E-state index contributed by atoms with van der Waals surface area (Å²) < 4.78 is 22.1. The smallest absolute Gasteiger partial charge is 0.212 e. The summed E-state index contributed by atoms with van der Waals surface area (Å²) in [5.41, 5.74) is 1.11. The number of aliphatic hydroxyl groups is 1. The minimum Gasteiger partial charge on any atom is -0.493 e. The van der Waals surface area contributed by atoms with Gasteiger partial charge in [0, 0.05) is 29.1 Å². The van der Waals surface area contributed by atoms with E-state index in [0.717, 1.165) is 21.8 Å². The van der Waals surface area contributed by atoms with E-state index in [4.69, 9.17) is 18.9 Å². The largest absolute Gasteiger partial charge is 0.493 e. The van der Waals surface area contributed by atoms with Crippen LogP contribution in [0.5, 0.6) is 23.0 Å². The number of anilines is 1. The topological polar surface area (TPSA) is 77.5 Å². The number of carbonyl (C=O) groups excluding carboxylic acids is 1. The highest BCUT2D eigenvalue weighted by atomic mass is 16.5. The number of fused-ring (bicyclic) bond motifs is 2. The molecule has 3 aromatic carbocycles. The number of ketones is 1. The first-order valence-electron chi connectivity index (χ1n) is 8.69. The monoisotopic (exact) mass is 383 g/mol. The summed E-state index contributed by atoms with van der Waals surface area (Å²) in [6, 6.07) is 7.26. The van der Waals surface area contributed by atoms with Crippen molar-refractivity contribution in [1.82, 2.24) is 0 Å². The Labute approximate surface area is 162 Å². The molecular weight excluding hydrogens is 362 g/mol. The number of ether oxygens (including phenoxy) is 4. The van der Waals surface area contributed by atoms with E-state index in [1.165, 1.54) is 7.11 Å². The molecule has 0 spiro atoms. The third-order valence-electron chi connectivity index (χ3n) is 5.29. The minimum atomic E-state index is -1.27. The predicted molar refractivity (Wildman–Crippen MR) is 106 cm³/mol. The highest BCUT2D eigenvalue weighted by molar-refractivity contribution is 6.26. The van der Waals surface area contributed by atoms with Gasteiger partial charge in [-0.25, -0.2) is 0 Å². The Morgan fingerprint density at radius 3 is 2.11 bits per heavy atom. The lowest BCUT2D eigenvalue weighted by Gasteiger charge is -2.32. The van der Waals surface area contributed by atoms with Gasteiger partial charge in [0.05, 0.1) is 28.4 Å². The Morgan fingerprint density at radius 1 is 0.857 bits per heavy atom.